The Labute approximate surface area is 90.6 Å². The van der Waals surface area contributed by atoms with Gasteiger partial charge in [-0.3, -0.25) is 9.59 Å². The second kappa shape index (κ2) is 5.01. The number of carbonyl (C=O) groups is 2. The van der Waals surface area contributed by atoms with Crippen molar-refractivity contribution in [3.05, 3.63) is 0 Å². The predicted molar refractivity (Wildman–Crippen MR) is 53.0 cm³/mol. The lowest BCUT2D eigenvalue weighted by Gasteiger charge is -2.13. The van der Waals surface area contributed by atoms with Crippen LogP contribution in [0.4, 0.5) is 0 Å². The van der Waals surface area contributed by atoms with Gasteiger partial charge in [0.1, 0.15) is 11.2 Å². The molecule has 1 aliphatic rings. The lowest BCUT2D eigenvalue weighted by Crippen LogP contribution is -2.34. The minimum absolute atomic E-state index is 0.238. The van der Waals surface area contributed by atoms with Crippen LogP contribution in [-0.4, -0.2) is 48.1 Å². The minimum atomic E-state index is -0.850. The normalized spacial score (nSPS) is 27.7. The van der Waals surface area contributed by atoms with Crippen molar-refractivity contribution in [2.75, 3.05) is 20.0 Å². The Balaban J connectivity index is 2.91. The van der Waals surface area contributed by atoms with E-state index < -0.39 is 23.1 Å². The van der Waals surface area contributed by atoms with E-state index in [2.05, 4.69) is 14.6 Å². The highest BCUT2D eigenvalue weighted by Gasteiger charge is 2.45. The minimum Gasteiger partial charge on any atom is -0.468 e. The molecule has 0 unspecified atom stereocenters. The number of oxime groups is 1. The van der Waals surface area contributed by atoms with E-state index in [0.29, 0.717) is 5.75 Å². The van der Waals surface area contributed by atoms with Crippen molar-refractivity contribution in [1.82, 2.24) is 0 Å². The summed E-state index contributed by atoms with van der Waals surface area (Å²) >= 11 is 1.19. The SMILES string of the molecule is COC(=O)[C@H]1C(=NO)CS[C@H]1C(=O)OC. The molecule has 1 fully saturated rings. The Bertz CT molecular complexity index is 303. The third kappa shape index (κ3) is 2.23. The molecule has 0 aliphatic carbocycles. The first-order valence-electron chi connectivity index (χ1n) is 4.13. The molecule has 84 valence electrons. The predicted octanol–water partition coefficient (Wildman–Crippen LogP) is -0.106. The van der Waals surface area contributed by atoms with Gasteiger partial charge in [-0.05, 0) is 0 Å². The number of nitrogens with zero attached hydrogens (tertiary/aromatic N) is 1. The smallest absolute Gasteiger partial charge is 0.320 e. The summed E-state index contributed by atoms with van der Waals surface area (Å²) in [5, 5.41) is 11.0. The molecule has 0 aromatic heterocycles. The zero-order valence-corrected chi connectivity index (χ0v) is 9.11. The van der Waals surface area contributed by atoms with Crippen molar-refractivity contribution in [3.8, 4) is 0 Å². The third-order valence-corrected chi connectivity index (χ3v) is 3.38. The molecule has 1 N–H and O–H groups in total. The van der Waals surface area contributed by atoms with E-state index in [0.717, 1.165) is 0 Å². The lowest BCUT2D eigenvalue weighted by molar-refractivity contribution is -0.148. The van der Waals surface area contributed by atoms with Crippen LogP contribution in [-0.2, 0) is 19.1 Å². The van der Waals surface area contributed by atoms with Crippen LogP contribution in [0.1, 0.15) is 0 Å². The quantitative estimate of drug-likeness (QED) is 0.407. The summed E-state index contributed by atoms with van der Waals surface area (Å²) in [6.45, 7) is 0. The number of hydrogen-bond donors (Lipinski definition) is 1. The largest absolute Gasteiger partial charge is 0.468 e. The summed E-state index contributed by atoms with van der Waals surface area (Å²) in [4.78, 5) is 22.7. The molecule has 0 aromatic rings. The maximum Gasteiger partial charge on any atom is 0.320 e. The van der Waals surface area contributed by atoms with Crippen molar-refractivity contribution in [1.29, 1.82) is 0 Å². The van der Waals surface area contributed by atoms with Gasteiger partial charge in [0.2, 0.25) is 0 Å². The number of esters is 2. The summed E-state index contributed by atoms with van der Waals surface area (Å²) in [7, 11) is 2.46. The van der Waals surface area contributed by atoms with E-state index in [-0.39, 0.29) is 5.71 Å². The number of rotatable bonds is 2. The van der Waals surface area contributed by atoms with Crippen molar-refractivity contribution < 1.29 is 24.3 Å². The molecule has 0 spiro atoms. The molecular formula is C8H11NO5S. The highest BCUT2D eigenvalue weighted by molar-refractivity contribution is 8.01. The zero-order valence-electron chi connectivity index (χ0n) is 8.30. The summed E-state index contributed by atoms with van der Waals surface area (Å²) in [5.41, 5.74) is 0.238. The van der Waals surface area contributed by atoms with Gasteiger partial charge in [-0.15, -0.1) is 11.8 Å². The van der Waals surface area contributed by atoms with Gasteiger partial charge in [0.25, 0.3) is 0 Å². The van der Waals surface area contributed by atoms with Crippen molar-refractivity contribution in [2.24, 2.45) is 11.1 Å². The summed E-state index contributed by atoms with van der Waals surface area (Å²) in [6, 6.07) is 0. The Morgan fingerprint density at radius 3 is 2.47 bits per heavy atom. The zero-order chi connectivity index (χ0) is 11.4. The van der Waals surface area contributed by atoms with Crippen LogP contribution in [0.2, 0.25) is 0 Å². The van der Waals surface area contributed by atoms with Gasteiger partial charge in [-0.25, -0.2) is 0 Å². The Kier molecular flexibility index (Phi) is 3.96. The summed E-state index contributed by atoms with van der Waals surface area (Å²) in [6.07, 6.45) is 0. The van der Waals surface area contributed by atoms with Crippen LogP contribution >= 0.6 is 11.8 Å². The Morgan fingerprint density at radius 1 is 1.40 bits per heavy atom. The number of carbonyl (C=O) groups excluding carboxylic acids is 2. The van der Waals surface area contributed by atoms with Gasteiger partial charge in [0.05, 0.1) is 19.9 Å². The first-order valence-corrected chi connectivity index (χ1v) is 5.18. The van der Waals surface area contributed by atoms with Crippen molar-refractivity contribution >= 4 is 29.4 Å². The van der Waals surface area contributed by atoms with Gasteiger partial charge in [0.15, 0.2) is 0 Å². The van der Waals surface area contributed by atoms with E-state index >= 15 is 0 Å². The van der Waals surface area contributed by atoms with Crippen molar-refractivity contribution in [3.63, 3.8) is 0 Å². The number of ether oxygens (including phenoxy) is 2. The van der Waals surface area contributed by atoms with Crippen LogP contribution in [0.3, 0.4) is 0 Å². The monoisotopic (exact) mass is 233 g/mol. The summed E-state index contributed by atoms with van der Waals surface area (Å²) in [5.74, 6) is -1.65. The average molecular weight is 233 g/mol. The van der Waals surface area contributed by atoms with Gasteiger partial charge in [-0.1, -0.05) is 5.16 Å². The van der Waals surface area contributed by atoms with Gasteiger partial charge < -0.3 is 14.7 Å². The third-order valence-electron chi connectivity index (χ3n) is 2.09. The van der Waals surface area contributed by atoms with Crippen LogP contribution < -0.4 is 0 Å². The topological polar surface area (TPSA) is 85.2 Å². The molecule has 1 rings (SSSR count). The van der Waals surface area contributed by atoms with Gasteiger partial charge >= 0.3 is 11.9 Å². The average Bonchev–Trinajstić information content (AvgIpc) is 2.70. The molecule has 0 radical (unpaired) electrons. The van der Waals surface area contributed by atoms with Crippen LogP contribution in [0.25, 0.3) is 0 Å². The highest BCUT2D eigenvalue weighted by atomic mass is 32.2. The molecule has 1 saturated heterocycles. The van der Waals surface area contributed by atoms with E-state index in [1.54, 1.807) is 0 Å². The van der Waals surface area contributed by atoms with E-state index in [9.17, 15) is 9.59 Å². The molecular weight excluding hydrogens is 222 g/mol. The number of hydrogen-bond acceptors (Lipinski definition) is 7. The molecule has 15 heavy (non-hydrogen) atoms. The maximum absolute atomic E-state index is 11.4. The van der Waals surface area contributed by atoms with E-state index in [1.807, 2.05) is 0 Å². The first kappa shape index (κ1) is 11.8. The Morgan fingerprint density at radius 2 is 2.00 bits per heavy atom. The number of thioether (sulfide) groups is 1. The molecule has 0 aromatic carbocycles. The van der Waals surface area contributed by atoms with E-state index in [4.69, 9.17) is 5.21 Å². The van der Waals surface area contributed by atoms with Crippen molar-refractivity contribution in [2.45, 2.75) is 5.25 Å². The second-order valence-corrected chi connectivity index (χ2v) is 3.98. The number of methoxy groups -OCH3 is 2. The van der Waals surface area contributed by atoms with E-state index in [1.165, 1.54) is 26.0 Å². The Hall–Kier alpha value is -1.24. The highest BCUT2D eigenvalue weighted by Crippen LogP contribution is 2.32. The molecule has 2 atom stereocenters. The standard InChI is InChI=1S/C8H11NO5S/c1-13-7(10)5-4(9-12)3-15-6(5)8(11)14-2/h5-6,12H,3H2,1-2H3/t5-,6+/m0/s1. The molecule has 7 heteroatoms. The molecule has 0 saturated carbocycles. The maximum atomic E-state index is 11.4. The van der Waals surface area contributed by atoms with Crippen LogP contribution in [0.15, 0.2) is 5.16 Å². The summed E-state index contributed by atoms with van der Waals surface area (Å²) < 4.78 is 9.09. The van der Waals surface area contributed by atoms with Gasteiger partial charge in [0, 0.05) is 5.75 Å². The fourth-order valence-corrected chi connectivity index (χ4v) is 2.61. The molecule has 1 heterocycles. The molecule has 1 aliphatic heterocycles. The lowest BCUT2D eigenvalue weighted by atomic mass is 10.0. The second-order valence-electron chi connectivity index (χ2n) is 2.85. The van der Waals surface area contributed by atoms with Crippen LogP contribution in [0.5, 0.6) is 0 Å². The molecule has 0 amide bonds. The molecule has 6 nitrogen and oxygen atoms in total. The van der Waals surface area contributed by atoms with Crippen LogP contribution in [0, 0.1) is 5.92 Å². The molecule has 0 bridgehead atoms. The first-order chi connectivity index (χ1) is 7.15. The fraction of sp³-hybridized carbons (Fsp3) is 0.625. The van der Waals surface area contributed by atoms with Gasteiger partial charge in [-0.2, -0.15) is 0 Å². The fourth-order valence-electron chi connectivity index (χ4n) is 1.33.